The van der Waals surface area contributed by atoms with Crippen molar-refractivity contribution in [2.24, 2.45) is 7.05 Å². The van der Waals surface area contributed by atoms with Gasteiger partial charge in [-0.3, -0.25) is 0 Å². The summed E-state index contributed by atoms with van der Waals surface area (Å²) >= 11 is 0. The van der Waals surface area contributed by atoms with E-state index < -0.39 is 0 Å². The van der Waals surface area contributed by atoms with Crippen molar-refractivity contribution < 1.29 is 0 Å². The van der Waals surface area contributed by atoms with E-state index in [9.17, 15) is 0 Å². The van der Waals surface area contributed by atoms with Gasteiger partial charge in [0.25, 0.3) is 0 Å². The van der Waals surface area contributed by atoms with Crippen molar-refractivity contribution in [1.82, 2.24) is 20.2 Å². The molecule has 1 rings (SSSR count). The molecule has 0 amide bonds. The van der Waals surface area contributed by atoms with Gasteiger partial charge in [-0.15, -0.1) is 5.10 Å². The molecule has 9 heavy (non-hydrogen) atoms. The van der Waals surface area contributed by atoms with Crippen LogP contribution in [0.25, 0.3) is 5.57 Å². The smallest absolute Gasteiger partial charge is 0.176 e. The summed E-state index contributed by atoms with van der Waals surface area (Å²) in [5.74, 6) is 0.731. The maximum Gasteiger partial charge on any atom is 0.176 e. The van der Waals surface area contributed by atoms with Gasteiger partial charge in [0, 0.05) is 7.05 Å². The molecule has 4 nitrogen and oxygen atoms in total. The van der Waals surface area contributed by atoms with Crippen molar-refractivity contribution in [3.05, 3.63) is 12.4 Å². The van der Waals surface area contributed by atoms with Gasteiger partial charge >= 0.3 is 0 Å². The zero-order valence-corrected chi connectivity index (χ0v) is 5.50. The zero-order chi connectivity index (χ0) is 6.85. The molecule has 4 heteroatoms. The highest BCUT2D eigenvalue weighted by Crippen LogP contribution is 2.02. The van der Waals surface area contributed by atoms with Crippen LogP contribution in [0, 0.1) is 0 Å². The van der Waals surface area contributed by atoms with Crippen LogP contribution in [0.15, 0.2) is 6.58 Å². The summed E-state index contributed by atoms with van der Waals surface area (Å²) in [6.07, 6.45) is 0. The van der Waals surface area contributed by atoms with Gasteiger partial charge in [0.2, 0.25) is 0 Å². The van der Waals surface area contributed by atoms with Crippen LogP contribution < -0.4 is 0 Å². The van der Waals surface area contributed by atoms with E-state index in [-0.39, 0.29) is 0 Å². The van der Waals surface area contributed by atoms with Crippen molar-refractivity contribution >= 4 is 5.57 Å². The number of aryl methyl sites for hydroxylation is 1. The Morgan fingerprint density at radius 1 is 1.67 bits per heavy atom. The van der Waals surface area contributed by atoms with Crippen LogP contribution in [0.5, 0.6) is 0 Å². The molecular weight excluding hydrogens is 116 g/mol. The second kappa shape index (κ2) is 1.97. The second-order valence-electron chi connectivity index (χ2n) is 1.91. The molecule has 0 radical (unpaired) electrons. The van der Waals surface area contributed by atoms with Gasteiger partial charge in [0.15, 0.2) is 5.82 Å². The lowest BCUT2D eigenvalue weighted by atomic mass is 10.3. The predicted molar refractivity (Wildman–Crippen MR) is 33.5 cm³/mol. The highest BCUT2D eigenvalue weighted by molar-refractivity contribution is 5.53. The largest absolute Gasteiger partial charge is 0.229 e. The topological polar surface area (TPSA) is 43.6 Å². The average molecular weight is 124 g/mol. The fourth-order valence-electron chi connectivity index (χ4n) is 0.591. The summed E-state index contributed by atoms with van der Waals surface area (Å²) in [5.41, 5.74) is 0.877. The Morgan fingerprint density at radius 3 is 2.56 bits per heavy atom. The average Bonchev–Trinajstić information content (AvgIpc) is 2.13. The van der Waals surface area contributed by atoms with Crippen LogP contribution in [-0.4, -0.2) is 20.2 Å². The summed E-state index contributed by atoms with van der Waals surface area (Å²) in [6.45, 7) is 5.56. The number of hydrogen-bond donors (Lipinski definition) is 0. The van der Waals surface area contributed by atoms with Crippen LogP contribution in [0.4, 0.5) is 0 Å². The fourth-order valence-corrected chi connectivity index (χ4v) is 0.591. The van der Waals surface area contributed by atoms with Gasteiger partial charge in [-0.1, -0.05) is 6.58 Å². The summed E-state index contributed by atoms with van der Waals surface area (Å²) < 4.78 is 1.59. The molecule has 48 valence electrons. The highest BCUT2D eigenvalue weighted by atomic mass is 15.5. The van der Waals surface area contributed by atoms with E-state index in [1.54, 1.807) is 11.7 Å². The minimum absolute atomic E-state index is 0.731. The molecule has 0 bridgehead atoms. The van der Waals surface area contributed by atoms with Crippen molar-refractivity contribution in [2.75, 3.05) is 0 Å². The first-order chi connectivity index (χ1) is 4.22. The molecule has 0 spiro atoms. The number of nitrogens with zero attached hydrogens (tertiary/aromatic N) is 4. The number of allylic oxidation sites excluding steroid dienone is 1. The van der Waals surface area contributed by atoms with Gasteiger partial charge in [0.05, 0.1) is 0 Å². The molecule has 1 aromatic rings. The van der Waals surface area contributed by atoms with Gasteiger partial charge in [0.1, 0.15) is 0 Å². The van der Waals surface area contributed by atoms with E-state index >= 15 is 0 Å². The molecule has 0 aromatic carbocycles. The molecule has 1 aromatic heterocycles. The first-order valence-electron chi connectivity index (χ1n) is 2.60. The molecule has 0 aliphatic carbocycles. The van der Waals surface area contributed by atoms with Crippen molar-refractivity contribution in [3.63, 3.8) is 0 Å². The maximum atomic E-state index is 3.72. The Hall–Kier alpha value is -1.19. The Morgan fingerprint density at radius 2 is 2.33 bits per heavy atom. The Labute approximate surface area is 53.2 Å². The fraction of sp³-hybridized carbons (Fsp3) is 0.400. The lowest BCUT2D eigenvalue weighted by Crippen LogP contribution is -1.95. The lowest BCUT2D eigenvalue weighted by molar-refractivity contribution is 0.704. The van der Waals surface area contributed by atoms with Gasteiger partial charge in [-0.05, 0) is 22.9 Å². The first-order valence-corrected chi connectivity index (χ1v) is 2.60. The summed E-state index contributed by atoms with van der Waals surface area (Å²) in [6, 6.07) is 0. The van der Waals surface area contributed by atoms with Crippen LogP contribution in [0.3, 0.4) is 0 Å². The summed E-state index contributed by atoms with van der Waals surface area (Å²) in [7, 11) is 1.78. The van der Waals surface area contributed by atoms with Crippen molar-refractivity contribution in [2.45, 2.75) is 6.92 Å². The van der Waals surface area contributed by atoms with E-state index in [2.05, 4.69) is 22.1 Å². The molecule has 0 saturated carbocycles. The molecule has 1 heterocycles. The van der Waals surface area contributed by atoms with Crippen LogP contribution >= 0.6 is 0 Å². The number of aromatic nitrogens is 4. The van der Waals surface area contributed by atoms with E-state index in [4.69, 9.17) is 0 Å². The second-order valence-corrected chi connectivity index (χ2v) is 1.91. The minimum Gasteiger partial charge on any atom is -0.229 e. The van der Waals surface area contributed by atoms with Crippen molar-refractivity contribution in [1.29, 1.82) is 0 Å². The van der Waals surface area contributed by atoms with Crippen LogP contribution in [0.1, 0.15) is 12.7 Å². The molecule has 0 N–H and O–H groups in total. The standard InChI is InChI=1S/C5H8N4/c1-4(2)5-6-7-8-9(5)3/h1H2,2-3H3. The third-order valence-electron chi connectivity index (χ3n) is 1.00. The van der Waals surface area contributed by atoms with Gasteiger partial charge < -0.3 is 0 Å². The molecule has 0 atom stereocenters. The van der Waals surface area contributed by atoms with Gasteiger partial charge in [-0.25, -0.2) is 4.68 Å². The SMILES string of the molecule is C=C(C)c1nnnn1C. The molecule has 0 saturated heterocycles. The minimum atomic E-state index is 0.731. The summed E-state index contributed by atoms with van der Waals surface area (Å²) in [5, 5.41) is 10.8. The number of tetrazole rings is 1. The van der Waals surface area contributed by atoms with Crippen LogP contribution in [-0.2, 0) is 7.05 Å². The van der Waals surface area contributed by atoms with E-state index in [1.807, 2.05) is 6.92 Å². The number of hydrogen-bond acceptors (Lipinski definition) is 3. The first kappa shape index (κ1) is 5.94. The third kappa shape index (κ3) is 0.960. The zero-order valence-electron chi connectivity index (χ0n) is 5.50. The molecule has 0 aliphatic rings. The maximum absolute atomic E-state index is 3.72. The quantitative estimate of drug-likeness (QED) is 0.538. The monoisotopic (exact) mass is 124 g/mol. The number of rotatable bonds is 1. The van der Waals surface area contributed by atoms with Gasteiger partial charge in [-0.2, -0.15) is 0 Å². The predicted octanol–water partition coefficient (Wildman–Crippen LogP) is 0.243. The van der Waals surface area contributed by atoms with E-state index in [0.717, 1.165) is 11.4 Å². The van der Waals surface area contributed by atoms with E-state index in [0.29, 0.717) is 0 Å². The van der Waals surface area contributed by atoms with Crippen molar-refractivity contribution in [3.8, 4) is 0 Å². The summed E-state index contributed by atoms with van der Waals surface area (Å²) in [4.78, 5) is 0. The lowest BCUT2D eigenvalue weighted by Gasteiger charge is -1.92. The third-order valence-corrected chi connectivity index (χ3v) is 1.00. The Bertz CT molecular complexity index is 225. The highest BCUT2D eigenvalue weighted by Gasteiger charge is 1.99. The Balaban J connectivity index is 3.08. The molecule has 0 aliphatic heterocycles. The normalized spacial score (nSPS) is 9.56. The molecule has 0 fully saturated rings. The molecular formula is C5H8N4. The molecule has 0 unspecified atom stereocenters. The Kier molecular flexibility index (Phi) is 1.30. The van der Waals surface area contributed by atoms with E-state index in [1.165, 1.54) is 0 Å². The van der Waals surface area contributed by atoms with Crippen LogP contribution in [0.2, 0.25) is 0 Å².